The van der Waals surface area contributed by atoms with E-state index >= 15 is 0 Å². The molecular formula is C34H57N7O6. The number of unbranched alkanes of at least 4 members (excludes halogenated alkanes) is 4. The number of ketones is 1. The standard InChI is InChI=1S/C34H57N7O6/c1-6-7-8-9-13-18-28(43)38-25(17-14-19-37-34(35)36)31(45)41-29(22(2)3)33(47)40-27(21-42)32(46)39-26(30(44)23(4)5)20-24-15-11-10-12-16-24/h10-12,15-16,22-23,25-27,29,42H,6-9,13-14,17-21H2,1-5H3,(H,38,43)(H,39,46)(H,40,47)(H,41,45)(H4,35,36,37)/t25-,26-,27-,29-/m0/s1. The topological polar surface area (TPSA) is 216 Å². The second-order valence-corrected chi connectivity index (χ2v) is 12.5. The van der Waals surface area contributed by atoms with Crippen molar-refractivity contribution in [2.24, 2.45) is 17.6 Å². The quantitative estimate of drug-likeness (QED) is 0.0490. The van der Waals surface area contributed by atoms with Gasteiger partial charge in [-0.05, 0) is 37.2 Å². The number of aliphatic hydroxyl groups is 1. The molecule has 1 aromatic rings. The monoisotopic (exact) mass is 659 g/mol. The average molecular weight is 660 g/mol. The highest BCUT2D eigenvalue weighted by Gasteiger charge is 2.32. The Morgan fingerprint density at radius 3 is 1.98 bits per heavy atom. The van der Waals surface area contributed by atoms with Crippen LogP contribution in [0.15, 0.2) is 30.3 Å². The Balaban J connectivity index is 2.98. The number of carbonyl (C=O) groups excluding carboxylic acids is 5. The summed E-state index contributed by atoms with van der Waals surface area (Å²) in [6.45, 7) is 8.60. The highest BCUT2D eigenvalue weighted by atomic mass is 16.3. The summed E-state index contributed by atoms with van der Waals surface area (Å²) < 4.78 is 0. The zero-order valence-corrected chi connectivity index (χ0v) is 28.7. The second kappa shape index (κ2) is 22.5. The fourth-order valence-electron chi connectivity index (χ4n) is 4.95. The zero-order chi connectivity index (χ0) is 35.4. The Morgan fingerprint density at radius 1 is 0.787 bits per heavy atom. The molecule has 0 bridgehead atoms. The van der Waals surface area contributed by atoms with Crippen molar-refractivity contribution in [1.29, 1.82) is 5.41 Å². The van der Waals surface area contributed by atoms with Crippen LogP contribution in [0.25, 0.3) is 0 Å². The van der Waals surface area contributed by atoms with Gasteiger partial charge in [-0.25, -0.2) is 0 Å². The molecule has 0 aromatic heterocycles. The van der Waals surface area contributed by atoms with Gasteiger partial charge in [0.25, 0.3) is 0 Å². The van der Waals surface area contributed by atoms with Gasteiger partial charge in [0.1, 0.15) is 18.1 Å². The highest BCUT2D eigenvalue weighted by Crippen LogP contribution is 2.11. The van der Waals surface area contributed by atoms with Crippen LogP contribution in [0.3, 0.4) is 0 Å². The van der Waals surface area contributed by atoms with Gasteiger partial charge in [-0.1, -0.05) is 90.6 Å². The van der Waals surface area contributed by atoms with E-state index in [0.717, 1.165) is 31.2 Å². The normalized spacial score (nSPS) is 13.6. The first kappa shape index (κ1) is 41.0. The molecule has 0 aliphatic heterocycles. The smallest absolute Gasteiger partial charge is 0.245 e. The fraction of sp³-hybridized carbons (Fsp3) is 0.647. The summed E-state index contributed by atoms with van der Waals surface area (Å²) in [4.78, 5) is 65.7. The van der Waals surface area contributed by atoms with E-state index in [1.165, 1.54) is 0 Å². The highest BCUT2D eigenvalue weighted by molar-refractivity contribution is 5.96. The van der Waals surface area contributed by atoms with Gasteiger partial charge in [0.15, 0.2) is 11.7 Å². The van der Waals surface area contributed by atoms with Crippen molar-refractivity contribution < 1.29 is 29.1 Å². The molecule has 0 aliphatic rings. The van der Waals surface area contributed by atoms with Crippen LogP contribution in [-0.2, 0) is 30.4 Å². The molecule has 0 spiro atoms. The summed E-state index contributed by atoms with van der Waals surface area (Å²) in [7, 11) is 0. The van der Waals surface area contributed by atoms with Crippen LogP contribution in [0.4, 0.5) is 0 Å². The Labute approximate surface area is 279 Å². The predicted octanol–water partition coefficient (Wildman–Crippen LogP) is 1.67. The third-order valence-electron chi connectivity index (χ3n) is 7.72. The molecule has 47 heavy (non-hydrogen) atoms. The first-order valence-corrected chi connectivity index (χ1v) is 16.8. The number of amides is 4. The van der Waals surface area contributed by atoms with Crippen LogP contribution in [-0.4, -0.2) is 77.8 Å². The van der Waals surface area contributed by atoms with Crippen molar-refractivity contribution in [2.45, 2.75) is 117 Å². The molecule has 0 unspecified atom stereocenters. The van der Waals surface area contributed by atoms with Gasteiger partial charge in [0, 0.05) is 18.9 Å². The molecule has 13 heteroatoms. The van der Waals surface area contributed by atoms with Crippen molar-refractivity contribution >= 4 is 35.4 Å². The van der Waals surface area contributed by atoms with E-state index in [2.05, 4.69) is 33.5 Å². The van der Waals surface area contributed by atoms with Crippen molar-refractivity contribution in [2.75, 3.05) is 13.2 Å². The number of Topliss-reactive ketones (excluding diaryl/α,β-unsaturated/α-hetero) is 1. The van der Waals surface area contributed by atoms with E-state index in [1.54, 1.807) is 27.7 Å². The number of benzene rings is 1. The fourth-order valence-corrected chi connectivity index (χ4v) is 4.95. The SMILES string of the molecule is CCCCCCCC(=O)N[C@@H](CCCNC(=N)N)C(=O)N[C@H](C(=O)N[C@@H](CO)C(=O)N[C@@H](Cc1ccccc1)C(=O)C(C)C)C(C)C. The Kier molecular flexibility index (Phi) is 19.7. The number of nitrogens with two attached hydrogens (primary N) is 1. The predicted molar refractivity (Wildman–Crippen MR) is 182 cm³/mol. The molecule has 4 atom stereocenters. The second-order valence-electron chi connectivity index (χ2n) is 12.5. The molecule has 0 radical (unpaired) electrons. The lowest BCUT2D eigenvalue weighted by molar-refractivity contribution is -0.136. The average Bonchev–Trinajstić information content (AvgIpc) is 3.02. The zero-order valence-electron chi connectivity index (χ0n) is 28.7. The van der Waals surface area contributed by atoms with Crippen LogP contribution >= 0.6 is 0 Å². The number of carbonyl (C=O) groups is 5. The molecule has 264 valence electrons. The molecule has 1 aromatic carbocycles. The van der Waals surface area contributed by atoms with Gasteiger partial charge in [-0.2, -0.15) is 0 Å². The van der Waals surface area contributed by atoms with Crippen LogP contribution < -0.4 is 32.3 Å². The summed E-state index contributed by atoms with van der Waals surface area (Å²) in [6, 6.07) is 4.92. The van der Waals surface area contributed by atoms with Crippen LogP contribution in [0.5, 0.6) is 0 Å². The van der Waals surface area contributed by atoms with Crippen molar-refractivity contribution in [3.63, 3.8) is 0 Å². The first-order chi connectivity index (χ1) is 22.3. The molecule has 0 heterocycles. The Morgan fingerprint density at radius 2 is 1.40 bits per heavy atom. The van der Waals surface area contributed by atoms with Crippen molar-refractivity contribution in [1.82, 2.24) is 26.6 Å². The first-order valence-electron chi connectivity index (χ1n) is 16.8. The molecule has 0 saturated carbocycles. The van der Waals surface area contributed by atoms with Gasteiger partial charge in [0.2, 0.25) is 23.6 Å². The van der Waals surface area contributed by atoms with E-state index in [4.69, 9.17) is 11.1 Å². The third kappa shape index (κ3) is 16.4. The summed E-state index contributed by atoms with van der Waals surface area (Å²) in [5.74, 6) is -3.45. The van der Waals surface area contributed by atoms with E-state index in [0.29, 0.717) is 19.4 Å². The maximum atomic E-state index is 13.4. The maximum Gasteiger partial charge on any atom is 0.245 e. The summed E-state index contributed by atoms with van der Waals surface area (Å²) >= 11 is 0. The molecule has 0 aliphatic carbocycles. The minimum atomic E-state index is -1.38. The van der Waals surface area contributed by atoms with E-state index < -0.39 is 54.4 Å². The van der Waals surface area contributed by atoms with Gasteiger partial charge < -0.3 is 37.4 Å². The summed E-state index contributed by atoms with van der Waals surface area (Å²) in [5.41, 5.74) is 6.19. The Bertz CT molecular complexity index is 1150. The van der Waals surface area contributed by atoms with Crippen molar-refractivity contribution in [3.8, 4) is 0 Å². The molecule has 0 saturated heterocycles. The van der Waals surface area contributed by atoms with E-state index in [-0.39, 0.29) is 42.8 Å². The third-order valence-corrected chi connectivity index (χ3v) is 7.72. The summed E-state index contributed by atoms with van der Waals surface area (Å²) in [6.07, 6.45) is 5.98. The summed E-state index contributed by atoms with van der Waals surface area (Å²) in [5, 5.41) is 30.7. The van der Waals surface area contributed by atoms with Crippen LogP contribution in [0.1, 0.15) is 91.5 Å². The number of aliphatic hydroxyl groups excluding tert-OH is 1. The van der Waals surface area contributed by atoms with E-state index in [1.807, 2.05) is 30.3 Å². The lowest BCUT2D eigenvalue weighted by Crippen LogP contribution is -2.60. The van der Waals surface area contributed by atoms with Crippen LogP contribution in [0, 0.1) is 17.2 Å². The number of rotatable bonds is 23. The maximum absolute atomic E-state index is 13.4. The number of hydrogen-bond donors (Lipinski definition) is 8. The van der Waals surface area contributed by atoms with E-state index in [9.17, 15) is 29.1 Å². The van der Waals surface area contributed by atoms with Gasteiger partial charge in [0.05, 0.1) is 12.6 Å². The molecular weight excluding hydrogens is 602 g/mol. The Hall–Kier alpha value is -4.00. The molecule has 9 N–H and O–H groups in total. The van der Waals surface area contributed by atoms with Gasteiger partial charge in [-0.15, -0.1) is 0 Å². The van der Waals surface area contributed by atoms with Crippen LogP contribution in [0.2, 0.25) is 0 Å². The molecule has 13 nitrogen and oxygen atoms in total. The van der Waals surface area contributed by atoms with Gasteiger partial charge in [-0.3, -0.25) is 29.4 Å². The number of hydrogen-bond acceptors (Lipinski definition) is 7. The largest absolute Gasteiger partial charge is 0.394 e. The molecule has 0 fully saturated rings. The van der Waals surface area contributed by atoms with Gasteiger partial charge >= 0.3 is 0 Å². The number of guanidine groups is 1. The minimum absolute atomic E-state index is 0.190. The minimum Gasteiger partial charge on any atom is -0.394 e. The number of nitrogens with one attached hydrogen (secondary N) is 6. The van der Waals surface area contributed by atoms with Crippen molar-refractivity contribution in [3.05, 3.63) is 35.9 Å². The lowest BCUT2D eigenvalue weighted by Gasteiger charge is -2.28. The molecule has 4 amide bonds. The molecule has 1 rings (SSSR count). The lowest BCUT2D eigenvalue weighted by atomic mass is 9.95.